The van der Waals surface area contributed by atoms with Crippen LogP contribution < -0.4 is 26.0 Å². The van der Waals surface area contributed by atoms with Crippen molar-refractivity contribution in [3.8, 4) is 5.75 Å². The lowest BCUT2D eigenvalue weighted by Gasteiger charge is -2.16. The maximum Gasteiger partial charge on any atom is 0.315 e. The minimum atomic E-state index is -1.74. The Morgan fingerprint density at radius 2 is 1.45 bits per heavy atom. The first-order valence-electron chi connectivity index (χ1n) is 16.1. The summed E-state index contributed by atoms with van der Waals surface area (Å²) in [7, 11) is 0. The minimum Gasteiger partial charge on any atom is -0.422 e. The van der Waals surface area contributed by atoms with Crippen molar-refractivity contribution in [2.75, 3.05) is 71.7 Å². The summed E-state index contributed by atoms with van der Waals surface area (Å²) in [5.41, 5.74) is 0. The fourth-order valence-electron chi connectivity index (χ4n) is 4.66. The number of unbranched alkanes of at least 4 members (excludes halogenated alkanes) is 1. The normalized spacial score (nSPS) is 17.7. The lowest BCUT2D eigenvalue weighted by molar-refractivity contribution is -0.125. The average molecular weight is 727 g/mol. The molecule has 0 aromatic heterocycles. The first-order valence-corrected chi connectivity index (χ1v) is 17.2. The van der Waals surface area contributed by atoms with Gasteiger partial charge in [0.2, 0.25) is 29.2 Å². The molecule has 4 N–H and O–H groups in total. The standard InChI is InChI=1S/C24H44N4O7S.C7H2F4O2/c1-2-32-17-22(30)26-10-6-12-34-14-16-35-15-13-33-11-5-9-25-21(29)8-4-3-7-20-23-19(18-36-20)27-24(31)28-23;8-3-1-4(9)6(11)7(5(3)10)13-2-12/h19-20,23H,2-18H2,1H3,(H,25,29)(H,26,30)(H2,27,28,31);1-2H. The van der Waals surface area contributed by atoms with E-state index in [2.05, 4.69) is 26.0 Å². The van der Waals surface area contributed by atoms with Gasteiger partial charge in [0.25, 0.3) is 6.47 Å². The predicted molar refractivity (Wildman–Crippen MR) is 171 cm³/mol. The Hall–Kier alpha value is -3.19. The van der Waals surface area contributed by atoms with Crippen molar-refractivity contribution in [2.45, 2.75) is 62.8 Å². The van der Waals surface area contributed by atoms with Gasteiger partial charge in [0.15, 0.2) is 11.6 Å². The molecule has 0 radical (unpaired) electrons. The molecule has 3 atom stereocenters. The van der Waals surface area contributed by atoms with Crippen LogP contribution in [0.4, 0.5) is 22.4 Å². The first kappa shape index (κ1) is 42.0. The molecule has 3 rings (SSSR count). The highest BCUT2D eigenvalue weighted by Crippen LogP contribution is 2.33. The van der Waals surface area contributed by atoms with Crippen molar-refractivity contribution in [1.82, 2.24) is 21.3 Å². The Morgan fingerprint density at radius 1 is 0.857 bits per heavy atom. The van der Waals surface area contributed by atoms with Crippen LogP contribution in [0.15, 0.2) is 6.07 Å². The predicted octanol–water partition coefficient (Wildman–Crippen LogP) is 2.59. The summed E-state index contributed by atoms with van der Waals surface area (Å²) < 4.78 is 75.0. The van der Waals surface area contributed by atoms with Crippen molar-refractivity contribution in [3.63, 3.8) is 0 Å². The number of amides is 4. The van der Waals surface area contributed by atoms with E-state index in [0.29, 0.717) is 71.0 Å². The van der Waals surface area contributed by atoms with Gasteiger partial charge in [-0.15, -0.1) is 0 Å². The number of hydrogen-bond donors (Lipinski definition) is 4. The molecule has 13 nitrogen and oxygen atoms in total. The molecule has 2 heterocycles. The van der Waals surface area contributed by atoms with Crippen LogP contribution in [-0.4, -0.2) is 113 Å². The van der Waals surface area contributed by atoms with Gasteiger partial charge in [0, 0.05) is 56.4 Å². The van der Waals surface area contributed by atoms with Gasteiger partial charge < -0.3 is 45.0 Å². The number of rotatable bonds is 24. The van der Waals surface area contributed by atoms with Crippen molar-refractivity contribution in [3.05, 3.63) is 29.3 Å². The highest BCUT2D eigenvalue weighted by Gasteiger charge is 2.42. The molecule has 0 bridgehead atoms. The van der Waals surface area contributed by atoms with Gasteiger partial charge >= 0.3 is 6.03 Å². The van der Waals surface area contributed by atoms with E-state index in [9.17, 15) is 36.7 Å². The Kier molecular flexibility index (Phi) is 21.3. The Balaban J connectivity index is 0.000000535. The summed E-state index contributed by atoms with van der Waals surface area (Å²) in [6.07, 6.45) is 4.94. The molecule has 2 fully saturated rings. The van der Waals surface area contributed by atoms with Crippen LogP contribution in [0.1, 0.15) is 45.4 Å². The van der Waals surface area contributed by atoms with Crippen molar-refractivity contribution in [1.29, 1.82) is 0 Å². The number of halogens is 4. The lowest BCUT2D eigenvalue weighted by Crippen LogP contribution is -2.36. The zero-order valence-corrected chi connectivity index (χ0v) is 28.3. The number of hydrogen-bond acceptors (Lipinski definition) is 10. The topological polar surface area (TPSA) is 163 Å². The number of urea groups is 1. The van der Waals surface area contributed by atoms with Crippen molar-refractivity contribution >= 4 is 36.1 Å². The summed E-state index contributed by atoms with van der Waals surface area (Å²) in [5, 5.41) is 12.1. The van der Waals surface area contributed by atoms with Gasteiger partial charge in [-0.1, -0.05) is 6.42 Å². The summed E-state index contributed by atoms with van der Waals surface area (Å²) in [4.78, 5) is 44.4. The lowest BCUT2D eigenvalue weighted by atomic mass is 10.0. The number of carbonyl (C=O) groups excluding carboxylic acids is 4. The number of fused-ring (bicyclic) bond motifs is 1. The average Bonchev–Trinajstić information content (AvgIpc) is 3.64. The van der Waals surface area contributed by atoms with Crippen LogP contribution in [0.25, 0.3) is 0 Å². The van der Waals surface area contributed by atoms with Gasteiger partial charge in [-0.25, -0.2) is 13.6 Å². The van der Waals surface area contributed by atoms with Crippen molar-refractivity contribution < 1.29 is 60.4 Å². The van der Waals surface area contributed by atoms with Crippen molar-refractivity contribution in [2.24, 2.45) is 0 Å². The Morgan fingerprint density at radius 3 is 2.04 bits per heavy atom. The second-order valence-corrected chi connectivity index (χ2v) is 12.0. The molecule has 2 aliphatic heterocycles. The molecule has 278 valence electrons. The van der Waals surface area contributed by atoms with E-state index in [1.807, 2.05) is 18.7 Å². The maximum absolute atomic E-state index is 12.6. The van der Waals surface area contributed by atoms with Crippen LogP contribution in [0.3, 0.4) is 0 Å². The fourth-order valence-corrected chi connectivity index (χ4v) is 6.20. The van der Waals surface area contributed by atoms with Crippen LogP contribution >= 0.6 is 11.8 Å². The molecule has 49 heavy (non-hydrogen) atoms. The minimum absolute atomic E-state index is 0.0162. The number of benzene rings is 1. The van der Waals surface area contributed by atoms with Gasteiger partial charge in [-0.2, -0.15) is 20.5 Å². The van der Waals surface area contributed by atoms with E-state index in [0.717, 1.165) is 37.9 Å². The van der Waals surface area contributed by atoms with E-state index in [4.69, 9.17) is 18.9 Å². The van der Waals surface area contributed by atoms with Crippen LogP contribution in [0, 0.1) is 23.3 Å². The summed E-state index contributed by atoms with van der Waals surface area (Å²) in [6.45, 7) is 6.51. The highest BCUT2D eigenvalue weighted by molar-refractivity contribution is 8.00. The SMILES string of the molecule is CCOCC(=O)NCCCOCCOCCOCCCNC(=O)CCCCC1SCC2NC(=O)NC21.O=COc1c(F)c(F)cc(F)c1F. The number of nitrogens with one attached hydrogen (secondary N) is 4. The van der Waals surface area contributed by atoms with Crippen LogP contribution in [-0.2, 0) is 33.3 Å². The summed E-state index contributed by atoms with van der Waals surface area (Å²) in [6, 6.07) is 0.454. The third-order valence-electron chi connectivity index (χ3n) is 7.07. The third kappa shape index (κ3) is 16.9. The van der Waals surface area contributed by atoms with Crippen LogP contribution in [0.2, 0.25) is 0 Å². The first-order chi connectivity index (χ1) is 23.7. The second kappa shape index (κ2) is 24.9. The van der Waals surface area contributed by atoms with E-state index >= 15 is 0 Å². The molecule has 3 unspecified atom stereocenters. The summed E-state index contributed by atoms with van der Waals surface area (Å²) in [5.74, 6) is -7.18. The molecule has 2 aliphatic rings. The molecule has 1 aromatic rings. The van der Waals surface area contributed by atoms with Gasteiger partial charge in [-0.05, 0) is 32.6 Å². The van der Waals surface area contributed by atoms with E-state index in [1.165, 1.54) is 0 Å². The molecule has 1 aromatic carbocycles. The fraction of sp³-hybridized carbons (Fsp3) is 0.677. The molecule has 4 amide bonds. The van der Waals surface area contributed by atoms with E-state index < -0.39 is 29.0 Å². The van der Waals surface area contributed by atoms with Gasteiger partial charge in [0.05, 0.1) is 38.5 Å². The monoisotopic (exact) mass is 726 g/mol. The molecular weight excluding hydrogens is 680 g/mol. The number of carbonyl (C=O) groups is 4. The smallest absolute Gasteiger partial charge is 0.315 e. The number of thioether (sulfide) groups is 1. The summed E-state index contributed by atoms with van der Waals surface area (Å²) >= 11 is 1.91. The Bertz CT molecular complexity index is 1150. The molecule has 0 saturated carbocycles. The highest BCUT2D eigenvalue weighted by atomic mass is 32.2. The molecular formula is C31H46F4N4O9S. The van der Waals surface area contributed by atoms with Gasteiger partial charge in [0.1, 0.15) is 6.61 Å². The number of ether oxygens (including phenoxy) is 5. The maximum atomic E-state index is 12.6. The zero-order chi connectivity index (χ0) is 35.9. The van der Waals surface area contributed by atoms with Crippen LogP contribution in [0.5, 0.6) is 5.75 Å². The largest absolute Gasteiger partial charge is 0.422 e. The molecule has 0 spiro atoms. The molecule has 2 saturated heterocycles. The van der Waals surface area contributed by atoms with Gasteiger partial charge in [-0.3, -0.25) is 14.4 Å². The van der Waals surface area contributed by atoms with E-state index in [-0.39, 0.29) is 49.1 Å². The van der Waals surface area contributed by atoms with E-state index in [1.54, 1.807) is 0 Å². The third-order valence-corrected chi connectivity index (χ3v) is 8.58. The quantitative estimate of drug-likeness (QED) is 0.0410. The molecule has 18 heteroatoms. The molecule has 0 aliphatic carbocycles. The Labute approximate surface area is 287 Å². The second-order valence-electron chi connectivity index (χ2n) is 10.8. The zero-order valence-electron chi connectivity index (χ0n) is 27.5.